The minimum Gasteiger partial charge on any atom is -0.382 e. The van der Waals surface area contributed by atoms with Gasteiger partial charge in [-0.05, 0) is 44.4 Å². The summed E-state index contributed by atoms with van der Waals surface area (Å²) in [5.74, 6) is 0. The number of nitrogens with one attached hydrogen (secondary N) is 1. The lowest BCUT2D eigenvalue weighted by molar-refractivity contribution is -0.137. The van der Waals surface area contributed by atoms with Crippen molar-refractivity contribution in [1.82, 2.24) is 0 Å². The van der Waals surface area contributed by atoms with Crippen molar-refractivity contribution in [3.05, 3.63) is 28.8 Å². The predicted octanol–water partition coefficient (Wildman–Crippen LogP) is 5.12. The zero-order valence-electron chi connectivity index (χ0n) is 12.1. The summed E-state index contributed by atoms with van der Waals surface area (Å²) >= 11 is 5.79. The molecule has 0 saturated carbocycles. The van der Waals surface area contributed by atoms with Crippen LogP contribution in [-0.2, 0) is 10.9 Å². The Bertz CT molecular complexity index is 506. The van der Waals surface area contributed by atoms with Crippen molar-refractivity contribution in [3.63, 3.8) is 0 Å². The number of halogens is 4. The molecular formula is C15H19ClF3NO. The minimum absolute atomic E-state index is 0.0811. The second kappa shape index (κ2) is 6.05. The molecule has 2 unspecified atom stereocenters. The Morgan fingerprint density at radius 1 is 1.38 bits per heavy atom. The summed E-state index contributed by atoms with van der Waals surface area (Å²) in [7, 11) is 0. The van der Waals surface area contributed by atoms with E-state index in [1.807, 2.05) is 13.8 Å². The standard InChI is InChI=1S/C15H19ClF3NO/c1-3-14(2)9-12(4-5-21-14)20-13-7-10(15(17,18)19)6-11(16)8-13/h6-8,12,20H,3-5,9H2,1-2H3. The van der Waals surface area contributed by atoms with Crippen LogP contribution in [0.5, 0.6) is 0 Å². The molecule has 0 radical (unpaired) electrons. The van der Waals surface area contributed by atoms with Crippen LogP contribution in [0.25, 0.3) is 0 Å². The first-order valence-electron chi connectivity index (χ1n) is 7.00. The molecule has 0 spiro atoms. The van der Waals surface area contributed by atoms with Crippen molar-refractivity contribution in [2.45, 2.75) is 50.9 Å². The molecule has 6 heteroatoms. The van der Waals surface area contributed by atoms with Crippen LogP contribution < -0.4 is 5.32 Å². The molecule has 1 aliphatic heterocycles. The molecule has 2 atom stereocenters. The largest absolute Gasteiger partial charge is 0.416 e. The summed E-state index contributed by atoms with van der Waals surface area (Å²) in [5, 5.41) is 3.24. The molecule has 1 aliphatic rings. The Kier molecular flexibility index (Phi) is 4.73. The van der Waals surface area contributed by atoms with Crippen LogP contribution in [0.4, 0.5) is 18.9 Å². The molecule has 1 heterocycles. The summed E-state index contributed by atoms with van der Waals surface area (Å²) in [4.78, 5) is 0. The van der Waals surface area contributed by atoms with E-state index < -0.39 is 11.7 Å². The van der Waals surface area contributed by atoms with Gasteiger partial charge in [-0.25, -0.2) is 0 Å². The second-order valence-electron chi connectivity index (χ2n) is 5.71. The molecule has 118 valence electrons. The molecule has 2 rings (SSSR count). The monoisotopic (exact) mass is 321 g/mol. The van der Waals surface area contributed by atoms with Gasteiger partial charge in [-0.15, -0.1) is 0 Å². The summed E-state index contributed by atoms with van der Waals surface area (Å²) in [6.07, 6.45) is -2.00. The van der Waals surface area contributed by atoms with Gasteiger partial charge in [0, 0.05) is 23.4 Å². The Hall–Kier alpha value is -0.940. The smallest absolute Gasteiger partial charge is 0.382 e. The zero-order chi connectivity index (χ0) is 15.7. The lowest BCUT2D eigenvalue weighted by Gasteiger charge is -2.38. The van der Waals surface area contributed by atoms with Gasteiger partial charge in [0.2, 0.25) is 0 Å². The summed E-state index contributed by atoms with van der Waals surface area (Å²) in [5.41, 5.74) is -0.551. The van der Waals surface area contributed by atoms with Crippen LogP contribution in [0.3, 0.4) is 0 Å². The van der Waals surface area contributed by atoms with Crippen molar-refractivity contribution in [2.24, 2.45) is 0 Å². The fourth-order valence-electron chi connectivity index (χ4n) is 2.57. The molecule has 0 bridgehead atoms. The number of ether oxygens (including phenoxy) is 1. The topological polar surface area (TPSA) is 21.3 Å². The molecule has 1 fully saturated rings. The second-order valence-corrected chi connectivity index (χ2v) is 6.15. The lowest BCUT2D eigenvalue weighted by atomic mass is 9.90. The molecule has 21 heavy (non-hydrogen) atoms. The van der Waals surface area contributed by atoms with E-state index in [9.17, 15) is 13.2 Å². The van der Waals surface area contributed by atoms with E-state index in [0.717, 1.165) is 31.4 Å². The highest BCUT2D eigenvalue weighted by Gasteiger charge is 2.33. The van der Waals surface area contributed by atoms with Crippen LogP contribution in [0.2, 0.25) is 5.02 Å². The SMILES string of the molecule is CCC1(C)CC(Nc2cc(Cl)cc(C(F)(F)F)c2)CCO1. The quantitative estimate of drug-likeness (QED) is 0.834. The molecule has 1 aromatic rings. The summed E-state index contributed by atoms with van der Waals surface area (Å²) in [6.45, 7) is 4.68. The van der Waals surface area contributed by atoms with Crippen LogP contribution >= 0.6 is 11.6 Å². The van der Waals surface area contributed by atoms with Gasteiger partial charge in [-0.2, -0.15) is 13.2 Å². The Labute approximate surface area is 127 Å². The van der Waals surface area contributed by atoms with Crippen molar-refractivity contribution in [2.75, 3.05) is 11.9 Å². The Morgan fingerprint density at radius 2 is 2.10 bits per heavy atom. The molecule has 1 saturated heterocycles. The average Bonchev–Trinajstić information content (AvgIpc) is 2.37. The number of benzene rings is 1. The van der Waals surface area contributed by atoms with Gasteiger partial charge in [0.1, 0.15) is 0 Å². The maximum atomic E-state index is 12.8. The minimum atomic E-state index is -4.39. The van der Waals surface area contributed by atoms with Crippen molar-refractivity contribution >= 4 is 17.3 Å². The van der Waals surface area contributed by atoms with Crippen LogP contribution in [-0.4, -0.2) is 18.2 Å². The average molecular weight is 322 g/mol. The van der Waals surface area contributed by atoms with Crippen molar-refractivity contribution in [1.29, 1.82) is 0 Å². The zero-order valence-corrected chi connectivity index (χ0v) is 12.8. The predicted molar refractivity (Wildman–Crippen MR) is 77.7 cm³/mol. The van der Waals surface area contributed by atoms with Crippen molar-refractivity contribution in [3.8, 4) is 0 Å². The van der Waals surface area contributed by atoms with Gasteiger partial charge in [0.15, 0.2) is 0 Å². The van der Waals surface area contributed by atoms with Crippen LogP contribution in [0.15, 0.2) is 18.2 Å². The molecule has 0 aromatic heterocycles. The highest BCUT2D eigenvalue weighted by Crippen LogP contribution is 2.35. The maximum Gasteiger partial charge on any atom is 0.416 e. The summed E-state index contributed by atoms with van der Waals surface area (Å²) in [6, 6.07) is 3.65. The fraction of sp³-hybridized carbons (Fsp3) is 0.600. The van der Waals surface area contributed by atoms with E-state index in [2.05, 4.69) is 5.32 Å². The maximum absolute atomic E-state index is 12.8. The number of rotatable bonds is 3. The lowest BCUT2D eigenvalue weighted by Crippen LogP contribution is -2.41. The van der Waals surface area contributed by atoms with Gasteiger partial charge in [-0.1, -0.05) is 18.5 Å². The van der Waals surface area contributed by atoms with E-state index in [1.165, 1.54) is 6.07 Å². The van der Waals surface area contributed by atoms with Gasteiger partial charge >= 0.3 is 6.18 Å². The molecule has 2 nitrogen and oxygen atoms in total. The van der Waals surface area contributed by atoms with E-state index in [-0.39, 0.29) is 16.7 Å². The first-order chi connectivity index (χ1) is 9.72. The first kappa shape index (κ1) is 16.4. The van der Waals surface area contributed by atoms with Gasteiger partial charge in [-0.3, -0.25) is 0 Å². The summed E-state index contributed by atoms with van der Waals surface area (Å²) < 4.78 is 44.1. The highest BCUT2D eigenvalue weighted by atomic mass is 35.5. The third-order valence-electron chi connectivity index (χ3n) is 3.94. The fourth-order valence-corrected chi connectivity index (χ4v) is 2.81. The third-order valence-corrected chi connectivity index (χ3v) is 4.16. The third kappa shape index (κ3) is 4.27. The molecule has 0 aliphatic carbocycles. The van der Waals surface area contributed by atoms with Gasteiger partial charge in [0.05, 0.1) is 11.2 Å². The normalized spacial score (nSPS) is 26.7. The number of hydrogen-bond acceptors (Lipinski definition) is 2. The Balaban J connectivity index is 2.14. The Morgan fingerprint density at radius 3 is 2.71 bits per heavy atom. The first-order valence-corrected chi connectivity index (χ1v) is 7.38. The van der Waals surface area contributed by atoms with E-state index in [0.29, 0.717) is 12.3 Å². The molecule has 1 aromatic carbocycles. The van der Waals surface area contributed by atoms with E-state index in [4.69, 9.17) is 16.3 Å². The van der Waals surface area contributed by atoms with Crippen LogP contribution in [0, 0.1) is 0 Å². The molecule has 1 N–H and O–H groups in total. The van der Waals surface area contributed by atoms with Crippen molar-refractivity contribution < 1.29 is 17.9 Å². The number of alkyl halides is 3. The highest BCUT2D eigenvalue weighted by molar-refractivity contribution is 6.30. The van der Waals surface area contributed by atoms with E-state index in [1.54, 1.807) is 0 Å². The number of hydrogen-bond donors (Lipinski definition) is 1. The van der Waals surface area contributed by atoms with Crippen LogP contribution in [0.1, 0.15) is 38.7 Å². The molecular weight excluding hydrogens is 303 g/mol. The van der Waals surface area contributed by atoms with Gasteiger partial charge < -0.3 is 10.1 Å². The van der Waals surface area contributed by atoms with Gasteiger partial charge in [0.25, 0.3) is 0 Å². The number of anilines is 1. The van der Waals surface area contributed by atoms with E-state index >= 15 is 0 Å². The molecule has 0 amide bonds.